The molecule has 1 heterocycles. The summed E-state index contributed by atoms with van der Waals surface area (Å²) in [5.74, 6) is 0.940. The molecule has 160 valence electrons. The topological polar surface area (TPSA) is 88.1 Å². The van der Waals surface area contributed by atoms with Gasteiger partial charge in [-0.3, -0.25) is 9.69 Å². The number of aliphatic hydroxyl groups excluding tert-OH is 1. The lowest BCUT2D eigenvalue weighted by Gasteiger charge is -2.23. The molecular formula is C24H24N2O5. The van der Waals surface area contributed by atoms with E-state index in [2.05, 4.69) is 5.32 Å². The maximum absolute atomic E-state index is 13.2. The normalized spacial score (nSPS) is 19.4. The lowest BCUT2D eigenvalue weighted by atomic mass is 9.90. The highest BCUT2D eigenvalue weighted by molar-refractivity contribution is 6.07. The number of hydrogen-bond acceptors (Lipinski definition) is 5. The van der Waals surface area contributed by atoms with Gasteiger partial charge in [0.05, 0.1) is 13.7 Å². The molecule has 3 aromatic carbocycles. The molecule has 4 rings (SSSR count). The van der Waals surface area contributed by atoms with E-state index in [4.69, 9.17) is 9.47 Å². The third kappa shape index (κ3) is 4.04. The highest BCUT2D eigenvalue weighted by Crippen LogP contribution is 2.32. The molecule has 1 aliphatic rings. The minimum absolute atomic E-state index is 0.0321. The van der Waals surface area contributed by atoms with Gasteiger partial charge in [0.2, 0.25) is 0 Å². The van der Waals surface area contributed by atoms with E-state index < -0.39 is 23.6 Å². The molecule has 7 nitrogen and oxygen atoms in total. The van der Waals surface area contributed by atoms with Crippen molar-refractivity contribution in [2.45, 2.75) is 18.6 Å². The number of ether oxygens (including phenoxy) is 2. The van der Waals surface area contributed by atoms with Gasteiger partial charge in [-0.15, -0.1) is 0 Å². The van der Waals surface area contributed by atoms with Crippen LogP contribution in [0.3, 0.4) is 0 Å². The second-order valence-electron chi connectivity index (χ2n) is 7.68. The Balaban J connectivity index is 1.49. The van der Waals surface area contributed by atoms with Crippen LogP contribution in [0.15, 0.2) is 66.7 Å². The Morgan fingerprint density at radius 1 is 1.00 bits per heavy atom. The zero-order valence-electron chi connectivity index (χ0n) is 17.4. The maximum atomic E-state index is 13.2. The van der Waals surface area contributed by atoms with E-state index in [0.29, 0.717) is 11.3 Å². The fourth-order valence-corrected chi connectivity index (χ4v) is 3.69. The van der Waals surface area contributed by atoms with Crippen molar-refractivity contribution in [1.29, 1.82) is 0 Å². The average molecular weight is 420 g/mol. The van der Waals surface area contributed by atoms with Crippen molar-refractivity contribution in [2.24, 2.45) is 0 Å². The third-order valence-electron chi connectivity index (χ3n) is 5.48. The van der Waals surface area contributed by atoms with Crippen LogP contribution >= 0.6 is 0 Å². The number of urea groups is 1. The van der Waals surface area contributed by atoms with Crippen molar-refractivity contribution in [1.82, 2.24) is 10.2 Å². The number of carbonyl (C=O) groups is 2. The van der Waals surface area contributed by atoms with Crippen molar-refractivity contribution >= 4 is 22.7 Å². The molecular weight excluding hydrogens is 396 g/mol. The highest BCUT2D eigenvalue weighted by atomic mass is 16.5. The standard InChI is InChI=1S/C24H24N2O5/c1-24(18-10-8-17-13-21(30-2)11-9-16(17)12-18)22(28)26(23(29)25-24)14-19(27)15-31-20-6-4-3-5-7-20/h3-13,19,27H,14-15H2,1-2H3,(H,25,29)/t19-,24+/m0/s1. The summed E-state index contributed by atoms with van der Waals surface area (Å²) < 4.78 is 10.8. The summed E-state index contributed by atoms with van der Waals surface area (Å²) >= 11 is 0. The maximum Gasteiger partial charge on any atom is 0.325 e. The summed E-state index contributed by atoms with van der Waals surface area (Å²) in [6.45, 7) is 1.48. The fraction of sp³-hybridized carbons (Fsp3) is 0.250. The Bertz CT molecular complexity index is 1120. The van der Waals surface area contributed by atoms with E-state index in [1.165, 1.54) is 0 Å². The van der Waals surface area contributed by atoms with Crippen molar-refractivity contribution < 1.29 is 24.2 Å². The fourth-order valence-electron chi connectivity index (χ4n) is 3.69. The predicted octanol–water partition coefficient (Wildman–Crippen LogP) is 3.06. The molecule has 3 amide bonds. The molecule has 1 aliphatic heterocycles. The summed E-state index contributed by atoms with van der Waals surface area (Å²) in [7, 11) is 1.61. The van der Waals surface area contributed by atoms with Crippen molar-refractivity contribution in [3.05, 3.63) is 72.3 Å². The number of aliphatic hydroxyl groups is 1. The number of rotatable bonds is 7. The summed E-state index contributed by atoms with van der Waals surface area (Å²) in [4.78, 5) is 26.7. The highest BCUT2D eigenvalue weighted by Gasteiger charge is 2.49. The molecule has 7 heteroatoms. The van der Waals surface area contributed by atoms with E-state index in [1.54, 1.807) is 26.2 Å². The van der Waals surface area contributed by atoms with E-state index in [0.717, 1.165) is 21.4 Å². The van der Waals surface area contributed by atoms with Crippen molar-refractivity contribution in [3.8, 4) is 11.5 Å². The van der Waals surface area contributed by atoms with E-state index in [1.807, 2.05) is 54.6 Å². The van der Waals surface area contributed by atoms with Gasteiger partial charge < -0.3 is 19.9 Å². The molecule has 2 atom stereocenters. The molecule has 0 bridgehead atoms. The van der Waals surface area contributed by atoms with Crippen LogP contribution in [0, 0.1) is 0 Å². The molecule has 3 aromatic rings. The quantitative estimate of drug-likeness (QED) is 0.574. The van der Waals surface area contributed by atoms with Gasteiger partial charge in [0.25, 0.3) is 5.91 Å². The zero-order chi connectivity index (χ0) is 22.0. The first kappa shape index (κ1) is 20.7. The van der Waals surface area contributed by atoms with Gasteiger partial charge in [0.15, 0.2) is 0 Å². The van der Waals surface area contributed by atoms with Gasteiger partial charge in [0, 0.05) is 0 Å². The van der Waals surface area contributed by atoms with Crippen molar-refractivity contribution in [3.63, 3.8) is 0 Å². The van der Waals surface area contributed by atoms with Gasteiger partial charge in [-0.05, 0) is 53.6 Å². The smallest absolute Gasteiger partial charge is 0.325 e. The Labute approximate surface area is 180 Å². The molecule has 0 unspecified atom stereocenters. The first-order valence-electron chi connectivity index (χ1n) is 9.99. The number of fused-ring (bicyclic) bond motifs is 1. The molecule has 0 radical (unpaired) electrons. The summed E-state index contributed by atoms with van der Waals surface area (Å²) in [5.41, 5.74) is -0.549. The van der Waals surface area contributed by atoms with Crippen LogP contribution in [0.4, 0.5) is 4.79 Å². The van der Waals surface area contributed by atoms with Crippen LogP contribution in [0.25, 0.3) is 10.8 Å². The first-order valence-corrected chi connectivity index (χ1v) is 9.99. The van der Waals surface area contributed by atoms with E-state index in [9.17, 15) is 14.7 Å². The van der Waals surface area contributed by atoms with Gasteiger partial charge in [-0.1, -0.05) is 36.4 Å². The SMILES string of the molecule is COc1ccc2cc([C@@]3(C)NC(=O)N(C[C@H](O)COc4ccccc4)C3=O)ccc2c1. The van der Waals surface area contributed by atoms with E-state index in [-0.39, 0.29) is 13.2 Å². The van der Waals surface area contributed by atoms with Crippen molar-refractivity contribution in [2.75, 3.05) is 20.3 Å². The summed E-state index contributed by atoms with van der Waals surface area (Å²) in [5, 5.41) is 15.0. The average Bonchev–Trinajstić information content (AvgIpc) is 3.01. The number of amides is 3. The zero-order valence-corrected chi connectivity index (χ0v) is 17.4. The largest absolute Gasteiger partial charge is 0.497 e. The molecule has 31 heavy (non-hydrogen) atoms. The second kappa shape index (κ2) is 8.28. The van der Waals surface area contributed by atoms with Crippen LogP contribution in [-0.4, -0.2) is 48.3 Å². The molecule has 2 N–H and O–H groups in total. The van der Waals surface area contributed by atoms with E-state index >= 15 is 0 Å². The molecule has 1 fully saturated rings. The lowest BCUT2D eigenvalue weighted by molar-refractivity contribution is -0.132. The Hall–Kier alpha value is -3.58. The number of hydrogen-bond donors (Lipinski definition) is 2. The number of imide groups is 1. The van der Waals surface area contributed by atoms with Crippen LogP contribution in [0.2, 0.25) is 0 Å². The lowest BCUT2D eigenvalue weighted by Crippen LogP contribution is -2.42. The molecule has 0 aliphatic carbocycles. The van der Waals surface area contributed by atoms with Gasteiger partial charge in [-0.2, -0.15) is 0 Å². The van der Waals surface area contributed by atoms with Crippen LogP contribution in [0.5, 0.6) is 11.5 Å². The summed E-state index contributed by atoms with van der Waals surface area (Å²) in [6.07, 6.45) is -1.01. The number of benzene rings is 3. The molecule has 1 saturated heterocycles. The molecule has 0 saturated carbocycles. The predicted molar refractivity (Wildman–Crippen MR) is 116 cm³/mol. The van der Waals surface area contributed by atoms with Crippen LogP contribution in [-0.2, 0) is 10.3 Å². The first-order chi connectivity index (χ1) is 14.9. The monoisotopic (exact) mass is 420 g/mol. The minimum atomic E-state index is -1.22. The number of β-amino-alcohol motifs (C(OH)–C–C–N with tert-alkyl or cyclic N) is 1. The minimum Gasteiger partial charge on any atom is -0.497 e. The molecule has 0 aromatic heterocycles. The van der Waals surface area contributed by atoms with Gasteiger partial charge in [0.1, 0.15) is 29.7 Å². The summed E-state index contributed by atoms with van der Waals surface area (Å²) in [6, 6.07) is 19.8. The Morgan fingerprint density at radius 3 is 2.45 bits per heavy atom. The number of methoxy groups -OCH3 is 1. The number of nitrogens with one attached hydrogen (secondary N) is 1. The third-order valence-corrected chi connectivity index (χ3v) is 5.48. The van der Waals surface area contributed by atoms with Crippen LogP contribution < -0.4 is 14.8 Å². The number of nitrogens with zero attached hydrogens (tertiary/aromatic N) is 1. The Morgan fingerprint density at radius 2 is 1.71 bits per heavy atom. The second-order valence-corrected chi connectivity index (χ2v) is 7.68. The van der Waals surface area contributed by atoms with Gasteiger partial charge >= 0.3 is 6.03 Å². The van der Waals surface area contributed by atoms with Gasteiger partial charge in [-0.25, -0.2) is 4.79 Å². The van der Waals surface area contributed by atoms with Crippen LogP contribution in [0.1, 0.15) is 12.5 Å². The molecule has 0 spiro atoms. The number of carbonyl (C=O) groups excluding carboxylic acids is 2. The Kier molecular flexibility index (Phi) is 5.52. The number of para-hydroxylation sites is 1.